The SMILES string of the molecule is CCO[C@H](C)c1noc(Cn2c(CSC)nc3ccccc32)n1. The summed E-state index contributed by atoms with van der Waals surface area (Å²) in [5.74, 6) is 3.00. The fourth-order valence-electron chi connectivity index (χ4n) is 2.50. The predicted molar refractivity (Wildman–Crippen MR) is 90.4 cm³/mol. The normalized spacial score (nSPS) is 12.8. The summed E-state index contributed by atoms with van der Waals surface area (Å²) >= 11 is 1.74. The molecule has 0 unspecified atom stereocenters. The molecule has 0 radical (unpaired) electrons. The van der Waals surface area contributed by atoms with E-state index in [2.05, 4.69) is 27.0 Å². The lowest BCUT2D eigenvalue weighted by atomic mass is 10.3. The zero-order valence-electron chi connectivity index (χ0n) is 13.5. The van der Waals surface area contributed by atoms with Gasteiger partial charge in [-0.05, 0) is 32.2 Å². The van der Waals surface area contributed by atoms with Gasteiger partial charge in [0.15, 0.2) is 5.82 Å². The van der Waals surface area contributed by atoms with Crippen LogP contribution in [0.4, 0.5) is 0 Å². The highest BCUT2D eigenvalue weighted by molar-refractivity contribution is 7.97. The molecule has 1 aromatic carbocycles. The highest BCUT2D eigenvalue weighted by Crippen LogP contribution is 2.21. The number of imidazole rings is 1. The van der Waals surface area contributed by atoms with Crippen LogP contribution in [0, 0.1) is 0 Å². The molecule has 2 heterocycles. The number of ether oxygens (including phenoxy) is 1. The van der Waals surface area contributed by atoms with Crippen LogP contribution in [0.1, 0.15) is 37.5 Å². The third-order valence-corrected chi connectivity index (χ3v) is 4.11. The lowest BCUT2D eigenvalue weighted by Crippen LogP contribution is -2.06. The Morgan fingerprint density at radius 1 is 1.30 bits per heavy atom. The monoisotopic (exact) mass is 332 g/mol. The van der Waals surface area contributed by atoms with Gasteiger partial charge >= 0.3 is 0 Å². The van der Waals surface area contributed by atoms with Gasteiger partial charge in [-0.2, -0.15) is 16.7 Å². The summed E-state index contributed by atoms with van der Waals surface area (Å²) in [5, 5.41) is 4.02. The number of thioether (sulfide) groups is 1. The Kier molecular flexibility index (Phi) is 4.97. The summed E-state index contributed by atoms with van der Waals surface area (Å²) in [7, 11) is 0. The first kappa shape index (κ1) is 16.0. The Bertz CT molecular complexity index is 783. The van der Waals surface area contributed by atoms with Crippen molar-refractivity contribution in [1.29, 1.82) is 0 Å². The molecule has 0 N–H and O–H groups in total. The fourth-order valence-corrected chi connectivity index (χ4v) is 2.98. The maximum atomic E-state index is 5.50. The maximum absolute atomic E-state index is 5.50. The number of benzene rings is 1. The minimum Gasteiger partial charge on any atom is -0.371 e. The highest BCUT2D eigenvalue weighted by atomic mass is 32.2. The van der Waals surface area contributed by atoms with E-state index in [4.69, 9.17) is 14.2 Å². The van der Waals surface area contributed by atoms with Crippen molar-refractivity contribution in [2.75, 3.05) is 12.9 Å². The second-order valence-corrected chi connectivity index (χ2v) is 6.05. The summed E-state index contributed by atoms with van der Waals surface area (Å²) in [6.07, 6.45) is 1.90. The van der Waals surface area contributed by atoms with Crippen molar-refractivity contribution < 1.29 is 9.26 Å². The molecular formula is C16H20N4O2S. The quantitative estimate of drug-likeness (QED) is 0.660. The molecule has 3 rings (SSSR count). The van der Waals surface area contributed by atoms with Gasteiger partial charge < -0.3 is 13.8 Å². The molecule has 3 aromatic rings. The summed E-state index contributed by atoms with van der Waals surface area (Å²) in [5.41, 5.74) is 2.06. The first-order chi connectivity index (χ1) is 11.2. The third kappa shape index (κ3) is 3.40. The molecule has 23 heavy (non-hydrogen) atoms. The van der Waals surface area contributed by atoms with Crippen LogP contribution >= 0.6 is 11.8 Å². The van der Waals surface area contributed by atoms with Crippen LogP contribution in [-0.2, 0) is 17.0 Å². The Hall–Kier alpha value is -1.86. The number of para-hydroxylation sites is 2. The number of hydrogen-bond acceptors (Lipinski definition) is 6. The first-order valence-corrected chi connectivity index (χ1v) is 8.99. The van der Waals surface area contributed by atoms with Crippen molar-refractivity contribution >= 4 is 22.8 Å². The largest absolute Gasteiger partial charge is 0.371 e. The molecule has 6 nitrogen and oxygen atoms in total. The van der Waals surface area contributed by atoms with Gasteiger partial charge in [-0.1, -0.05) is 17.3 Å². The summed E-state index contributed by atoms with van der Waals surface area (Å²) in [6.45, 7) is 5.00. The topological polar surface area (TPSA) is 66.0 Å². The van der Waals surface area contributed by atoms with Crippen molar-refractivity contribution in [2.45, 2.75) is 32.2 Å². The molecule has 0 aliphatic carbocycles. The molecule has 0 saturated heterocycles. The van der Waals surface area contributed by atoms with Crippen LogP contribution < -0.4 is 0 Å². The Morgan fingerprint density at radius 2 is 2.13 bits per heavy atom. The maximum Gasteiger partial charge on any atom is 0.246 e. The molecule has 0 aliphatic rings. The Labute approximate surface area is 139 Å². The molecule has 0 amide bonds. The Morgan fingerprint density at radius 3 is 2.91 bits per heavy atom. The highest BCUT2D eigenvalue weighted by Gasteiger charge is 2.16. The summed E-state index contributed by atoms with van der Waals surface area (Å²) < 4.78 is 13.0. The van der Waals surface area contributed by atoms with Crippen LogP contribution in [0.3, 0.4) is 0 Å². The van der Waals surface area contributed by atoms with Gasteiger partial charge in [0.05, 0.1) is 16.8 Å². The average molecular weight is 332 g/mol. The third-order valence-electron chi connectivity index (χ3n) is 3.56. The number of fused-ring (bicyclic) bond motifs is 1. The van der Waals surface area contributed by atoms with Gasteiger partial charge in [0.1, 0.15) is 18.5 Å². The molecule has 122 valence electrons. The molecule has 0 fully saturated rings. The van der Waals surface area contributed by atoms with Gasteiger partial charge in [-0.3, -0.25) is 0 Å². The van der Waals surface area contributed by atoms with E-state index in [1.807, 2.05) is 32.0 Å². The first-order valence-electron chi connectivity index (χ1n) is 7.60. The molecule has 0 bridgehead atoms. The van der Waals surface area contributed by atoms with Crippen LogP contribution in [0.2, 0.25) is 0 Å². The minimum atomic E-state index is -0.164. The number of hydrogen-bond donors (Lipinski definition) is 0. The van der Waals surface area contributed by atoms with Gasteiger partial charge in [-0.15, -0.1) is 0 Å². The summed E-state index contributed by atoms with van der Waals surface area (Å²) in [4.78, 5) is 9.15. The second kappa shape index (κ2) is 7.14. The van der Waals surface area contributed by atoms with Crippen molar-refractivity contribution in [1.82, 2.24) is 19.7 Å². The number of nitrogens with zero attached hydrogens (tertiary/aromatic N) is 4. The van der Waals surface area contributed by atoms with Crippen LogP contribution in [0.15, 0.2) is 28.8 Å². The van der Waals surface area contributed by atoms with Crippen molar-refractivity contribution in [3.05, 3.63) is 41.8 Å². The van der Waals surface area contributed by atoms with E-state index >= 15 is 0 Å². The molecule has 0 aliphatic heterocycles. The standard InChI is InChI=1S/C16H20N4O2S/c1-4-21-11(2)16-18-15(22-19-16)9-20-13-8-6-5-7-12(13)17-14(20)10-23-3/h5-8,11H,4,9-10H2,1-3H3/t11-/m1/s1. The van der Waals surface area contributed by atoms with Crippen molar-refractivity contribution in [3.8, 4) is 0 Å². The smallest absolute Gasteiger partial charge is 0.246 e. The molecule has 0 spiro atoms. The lowest BCUT2D eigenvalue weighted by molar-refractivity contribution is 0.0683. The van der Waals surface area contributed by atoms with E-state index in [0.717, 1.165) is 22.6 Å². The lowest BCUT2D eigenvalue weighted by Gasteiger charge is -2.06. The average Bonchev–Trinajstić information content (AvgIpc) is 3.14. The minimum absolute atomic E-state index is 0.164. The van der Waals surface area contributed by atoms with Crippen LogP contribution in [0.5, 0.6) is 0 Å². The van der Waals surface area contributed by atoms with E-state index in [1.165, 1.54) is 0 Å². The van der Waals surface area contributed by atoms with Gasteiger partial charge in [0.2, 0.25) is 5.89 Å². The Balaban J connectivity index is 1.90. The number of rotatable bonds is 7. The summed E-state index contributed by atoms with van der Waals surface area (Å²) in [6, 6.07) is 8.09. The van der Waals surface area contributed by atoms with Crippen molar-refractivity contribution in [3.63, 3.8) is 0 Å². The van der Waals surface area contributed by atoms with E-state index in [0.29, 0.717) is 24.9 Å². The molecule has 2 aromatic heterocycles. The van der Waals surface area contributed by atoms with Crippen LogP contribution in [-0.4, -0.2) is 32.6 Å². The second-order valence-electron chi connectivity index (χ2n) is 5.18. The van der Waals surface area contributed by atoms with Crippen molar-refractivity contribution in [2.24, 2.45) is 0 Å². The fraction of sp³-hybridized carbons (Fsp3) is 0.438. The zero-order chi connectivity index (χ0) is 16.2. The van der Waals surface area contributed by atoms with E-state index in [-0.39, 0.29) is 6.10 Å². The number of aromatic nitrogens is 4. The van der Waals surface area contributed by atoms with E-state index in [1.54, 1.807) is 11.8 Å². The van der Waals surface area contributed by atoms with Crippen LogP contribution in [0.25, 0.3) is 11.0 Å². The van der Waals surface area contributed by atoms with E-state index in [9.17, 15) is 0 Å². The molecule has 1 atom stereocenters. The molecule has 0 saturated carbocycles. The molecular weight excluding hydrogens is 312 g/mol. The van der Waals surface area contributed by atoms with E-state index < -0.39 is 0 Å². The molecule has 7 heteroatoms. The predicted octanol–water partition coefficient (Wildman–Crippen LogP) is 3.43. The van der Waals surface area contributed by atoms with Gasteiger partial charge in [-0.25, -0.2) is 4.98 Å². The van der Waals surface area contributed by atoms with Gasteiger partial charge in [0.25, 0.3) is 0 Å². The van der Waals surface area contributed by atoms with Gasteiger partial charge in [0, 0.05) is 6.61 Å². The zero-order valence-corrected chi connectivity index (χ0v) is 14.3.